The van der Waals surface area contributed by atoms with Gasteiger partial charge in [-0.15, -0.1) is 0 Å². The number of carbonyl (C=O) groups excluding carboxylic acids is 1. The van der Waals surface area contributed by atoms with Crippen LogP contribution < -0.4 is 5.73 Å². The highest BCUT2D eigenvalue weighted by molar-refractivity contribution is 6.43. The van der Waals surface area contributed by atoms with Gasteiger partial charge in [-0.1, -0.05) is 34.8 Å². The Morgan fingerprint density at radius 2 is 2.05 bits per heavy atom. The van der Waals surface area contributed by atoms with Gasteiger partial charge in [-0.05, 0) is 24.1 Å². The van der Waals surface area contributed by atoms with Crippen molar-refractivity contribution in [1.29, 1.82) is 5.26 Å². The number of nitrogens with zero attached hydrogens (tertiary/aromatic N) is 2. The molecule has 4 nitrogen and oxygen atoms in total. The molecule has 1 heterocycles. The van der Waals surface area contributed by atoms with Gasteiger partial charge in [0.1, 0.15) is 12.2 Å². The summed E-state index contributed by atoms with van der Waals surface area (Å²) in [6, 6.07) is 3.22. The molecule has 1 aromatic rings. The molecule has 2 rings (SSSR count). The molecule has 1 fully saturated rings. The number of hydrogen-bond acceptors (Lipinski definition) is 3. The monoisotopic (exact) mass is 363 g/mol. The first kappa shape index (κ1) is 17.3. The Morgan fingerprint density at radius 1 is 1.41 bits per heavy atom. The molecule has 0 spiro atoms. The fraction of sp³-hybridized carbons (Fsp3) is 0.429. The second-order valence-corrected chi connectivity index (χ2v) is 6.36. The van der Waals surface area contributed by atoms with E-state index < -0.39 is 24.2 Å². The van der Waals surface area contributed by atoms with Crippen molar-refractivity contribution in [2.24, 2.45) is 5.73 Å². The fourth-order valence-electron chi connectivity index (χ4n) is 2.41. The van der Waals surface area contributed by atoms with Crippen LogP contribution in [-0.4, -0.2) is 35.6 Å². The number of halogens is 4. The van der Waals surface area contributed by atoms with Crippen molar-refractivity contribution >= 4 is 40.7 Å². The number of alkyl halides is 1. The first-order valence-corrected chi connectivity index (χ1v) is 7.70. The second-order valence-electron chi connectivity index (χ2n) is 5.14. The molecule has 0 radical (unpaired) electrons. The number of hydrogen-bond donors (Lipinski definition) is 1. The molecule has 0 bridgehead atoms. The number of carbonyl (C=O) groups is 1. The van der Waals surface area contributed by atoms with Gasteiger partial charge in [-0.25, -0.2) is 4.39 Å². The Bertz CT molecular complexity index is 634. The van der Waals surface area contributed by atoms with Gasteiger partial charge >= 0.3 is 0 Å². The molecule has 22 heavy (non-hydrogen) atoms. The standard InChI is InChI=1S/C14H13Cl3FN3O/c15-10-4-12(17)11(16)1-7(10)2-13(20)14(22)21-6-8(18)3-9(21)5-19/h1,4,8-9,13H,2-3,6,20H2/t8-,9-,13-/m0/s1. The first-order chi connectivity index (χ1) is 10.3. The summed E-state index contributed by atoms with van der Waals surface area (Å²) in [6.07, 6.45) is -1.06. The van der Waals surface area contributed by atoms with Crippen molar-refractivity contribution < 1.29 is 9.18 Å². The van der Waals surface area contributed by atoms with Gasteiger partial charge in [0.25, 0.3) is 0 Å². The summed E-state index contributed by atoms with van der Waals surface area (Å²) in [5, 5.41) is 9.94. The maximum Gasteiger partial charge on any atom is 0.241 e. The molecule has 1 aliphatic heterocycles. The Morgan fingerprint density at radius 3 is 2.68 bits per heavy atom. The summed E-state index contributed by atoms with van der Waals surface area (Å²) in [6.45, 7) is -0.111. The summed E-state index contributed by atoms with van der Waals surface area (Å²) >= 11 is 17.8. The van der Waals surface area contributed by atoms with E-state index in [9.17, 15) is 9.18 Å². The maximum atomic E-state index is 13.4. The van der Waals surface area contributed by atoms with Gasteiger partial charge in [0.05, 0.1) is 28.7 Å². The van der Waals surface area contributed by atoms with Crippen LogP contribution in [0.1, 0.15) is 12.0 Å². The smallest absolute Gasteiger partial charge is 0.241 e. The number of nitriles is 1. The van der Waals surface area contributed by atoms with Crippen molar-refractivity contribution in [3.8, 4) is 6.07 Å². The quantitative estimate of drug-likeness (QED) is 0.838. The summed E-state index contributed by atoms with van der Waals surface area (Å²) in [7, 11) is 0. The van der Waals surface area contributed by atoms with Crippen LogP contribution in [0.3, 0.4) is 0 Å². The lowest BCUT2D eigenvalue weighted by Gasteiger charge is -2.23. The number of benzene rings is 1. The average molecular weight is 365 g/mol. The van der Waals surface area contributed by atoms with Crippen molar-refractivity contribution in [2.45, 2.75) is 31.1 Å². The Kier molecular flexibility index (Phi) is 5.51. The van der Waals surface area contributed by atoms with Crippen molar-refractivity contribution in [1.82, 2.24) is 4.90 Å². The Labute approximate surface area is 142 Å². The third-order valence-corrected chi connectivity index (χ3v) is 4.60. The van der Waals surface area contributed by atoms with E-state index in [0.29, 0.717) is 20.6 Å². The molecule has 0 saturated carbocycles. The van der Waals surface area contributed by atoms with E-state index in [0.717, 1.165) is 0 Å². The minimum atomic E-state index is -1.20. The van der Waals surface area contributed by atoms with Gasteiger partial charge in [-0.3, -0.25) is 4.79 Å². The van der Waals surface area contributed by atoms with E-state index in [-0.39, 0.29) is 19.4 Å². The lowest BCUT2D eigenvalue weighted by atomic mass is 10.0. The Balaban J connectivity index is 2.12. The maximum absolute atomic E-state index is 13.4. The molecule has 3 atom stereocenters. The molecule has 2 N–H and O–H groups in total. The number of nitrogens with two attached hydrogens (primary N) is 1. The minimum absolute atomic E-state index is 0.0164. The van der Waals surface area contributed by atoms with E-state index >= 15 is 0 Å². The van der Waals surface area contributed by atoms with Crippen LogP contribution in [0.25, 0.3) is 0 Å². The van der Waals surface area contributed by atoms with Gasteiger partial charge < -0.3 is 10.6 Å². The molecule has 8 heteroatoms. The van der Waals surface area contributed by atoms with Gasteiger partial charge in [0.2, 0.25) is 5.91 Å². The van der Waals surface area contributed by atoms with Crippen LogP contribution in [0.2, 0.25) is 15.1 Å². The summed E-state index contributed by atoms with van der Waals surface area (Å²) in [5.74, 6) is -0.478. The van der Waals surface area contributed by atoms with Gasteiger partial charge in [0.15, 0.2) is 0 Å². The van der Waals surface area contributed by atoms with Crippen molar-refractivity contribution in [3.05, 3.63) is 32.8 Å². The van der Waals surface area contributed by atoms with Gasteiger partial charge in [-0.2, -0.15) is 5.26 Å². The van der Waals surface area contributed by atoms with Crippen molar-refractivity contribution in [3.63, 3.8) is 0 Å². The highest BCUT2D eigenvalue weighted by atomic mass is 35.5. The molecule has 118 valence electrons. The molecule has 1 amide bonds. The number of rotatable bonds is 3. The summed E-state index contributed by atoms with van der Waals surface area (Å²) < 4.78 is 13.4. The molecule has 0 aromatic heterocycles. The van der Waals surface area contributed by atoms with Crippen LogP contribution in [0.4, 0.5) is 4.39 Å². The molecule has 0 aliphatic carbocycles. The Hall–Kier alpha value is -1.06. The number of likely N-dealkylation sites (tertiary alicyclic amines) is 1. The topological polar surface area (TPSA) is 70.1 Å². The molecular weight excluding hydrogens is 352 g/mol. The van der Waals surface area contributed by atoms with Crippen LogP contribution in [0.15, 0.2) is 12.1 Å². The first-order valence-electron chi connectivity index (χ1n) is 6.56. The zero-order valence-electron chi connectivity index (χ0n) is 11.4. The lowest BCUT2D eigenvalue weighted by Crippen LogP contribution is -2.46. The third-order valence-electron chi connectivity index (χ3n) is 3.53. The highest BCUT2D eigenvalue weighted by Crippen LogP contribution is 2.30. The van der Waals surface area contributed by atoms with Crippen LogP contribution in [0, 0.1) is 11.3 Å². The highest BCUT2D eigenvalue weighted by Gasteiger charge is 2.37. The average Bonchev–Trinajstić information content (AvgIpc) is 2.84. The minimum Gasteiger partial charge on any atom is -0.322 e. The number of amides is 1. The van der Waals surface area contributed by atoms with E-state index in [2.05, 4.69) is 0 Å². The molecular formula is C14H13Cl3FN3O. The molecule has 1 aromatic carbocycles. The van der Waals surface area contributed by atoms with Crippen LogP contribution in [-0.2, 0) is 11.2 Å². The van der Waals surface area contributed by atoms with Crippen LogP contribution >= 0.6 is 34.8 Å². The predicted molar refractivity (Wildman–Crippen MR) is 83.8 cm³/mol. The normalized spacial score (nSPS) is 22.5. The molecule has 1 saturated heterocycles. The fourth-order valence-corrected chi connectivity index (χ4v) is 3.05. The third kappa shape index (κ3) is 3.64. The van der Waals surface area contributed by atoms with Crippen molar-refractivity contribution in [2.75, 3.05) is 6.54 Å². The van der Waals surface area contributed by atoms with E-state index in [1.54, 1.807) is 6.07 Å². The summed E-state index contributed by atoms with van der Waals surface area (Å²) in [4.78, 5) is 13.5. The second kappa shape index (κ2) is 7.01. The summed E-state index contributed by atoms with van der Waals surface area (Å²) in [5.41, 5.74) is 6.46. The lowest BCUT2D eigenvalue weighted by molar-refractivity contribution is -0.132. The zero-order chi connectivity index (χ0) is 16.4. The SMILES string of the molecule is N#C[C@@H]1C[C@H](F)CN1C(=O)[C@@H](N)Cc1cc(Cl)c(Cl)cc1Cl. The van der Waals surface area contributed by atoms with E-state index in [4.69, 9.17) is 45.8 Å². The van der Waals surface area contributed by atoms with E-state index in [1.165, 1.54) is 11.0 Å². The van der Waals surface area contributed by atoms with Crippen LogP contribution in [0.5, 0.6) is 0 Å². The largest absolute Gasteiger partial charge is 0.322 e. The predicted octanol–water partition coefficient (Wildman–Crippen LogP) is 2.98. The molecule has 0 unspecified atom stereocenters. The van der Waals surface area contributed by atoms with Gasteiger partial charge in [0, 0.05) is 11.4 Å². The van der Waals surface area contributed by atoms with E-state index in [1.807, 2.05) is 6.07 Å². The molecule has 1 aliphatic rings. The zero-order valence-corrected chi connectivity index (χ0v) is 13.7.